The van der Waals surface area contributed by atoms with Crippen LogP contribution >= 0.6 is 0 Å². The molecule has 1 rings (SSSR count). The highest BCUT2D eigenvalue weighted by atomic mass is 32.2. The van der Waals surface area contributed by atoms with Gasteiger partial charge in [-0.25, -0.2) is 13.2 Å². The maximum Gasteiger partial charge on any atom is 0.408 e. The van der Waals surface area contributed by atoms with Gasteiger partial charge in [-0.15, -0.1) is 5.10 Å². The molecule has 108 valence electrons. The number of hydrogen-bond acceptors (Lipinski definition) is 7. The number of rotatable bonds is 3. The first kappa shape index (κ1) is 15.4. The molecule has 1 atom stereocenters. The number of alkyl carbamates (subject to hydrolysis) is 1. The molecule has 0 fully saturated rings. The molecule has 8 nitrogen and oxygen atoms in total. The quantitative estimate of drug-likeness (QED) is 0.886. The van der Waals surface area contributed by atoms with E-state index < -0.39 is 32.8 Å². The van der Waals surface area contributed by atoms with E-state index in [0.717, 1.165) is 6.26 Å². The van der Waals surface area contributed by atoms with Crippen LogP contribution in [0.3, 0.4) is 0 Å². The number of nitrogens with one attached hydrogen (secondary N) is 1. The Hall–Kier alpha value is -1.64. The van der Waals surface area contributed by atoms with E-state index in [1.54, 1.807) is 27.7 Å². The Kier molecular flexibility index (Phi) is 4.18. The van der Waals surface area contributed by atoms with Crippen LogP contribution in [0, 0.1) is 0 Å². The summed E-state index contributed by atoms with van der Waals surface area (Å²) in [5.41, 5.74) is -0.628. The number of nitrogens with zero attached hydrogens (tertiary/aromatic N) is 2. The molecule has 0 aromatic carbocycles. The van der Waals surface area contributed by atoms with Crippen LogP contribution in [0.5, 0.6) is 0 Å². The van der Waals surface area contributed by atoms with Gasteiger partial charge in [0.1, 0.15) is 11.6 Å². The van der Waals surface area contributed by atoms with Crippen molar-refractivity contribution in [3.63, 3.8) is 0 Å². The predicted octanol–water partition coefficient (Wildman–Crippen LogP) is 1.06. The van der Waals surface area contributed by atoms with Crippen molar-refractivity contribution in [1.82, 2.24) is 15.5 Å². The van der Waals surface area contributed by atoms with Gasteiger partial charge in [0.05, 0.1) is 0 Å². The van der Waals surface area contributed by atoms with Crippen molar-refractivity contribution in [2.45, 2.75) is 44.6 Å². The van der Waals surface area contributed by atoms with Gasteiger partial charge >= 0.3 is 11.3 Å². The second-order valence-electron chi connectivity index (χ2n) is 5.05. The molecule has 1 amide bonds. The van der Waals surface area contributed by atoms with Gasteiger partial charge in [-0.3, -0.25) is 0 Å². The number of aromatic nitrogens is 2. The van der Waals surface area contributed by atoms with Crippen molar-refractivity contribution in [2.24, 2.45) is 0 Å². The summed E-state index contributed by atoms with van der Waals surface area (Å²) in [6.45, 7) is 6.76. The van der Waals surface area contributed by atoms with Crippen molar-refractivity contribution in [3.8, 4) is 0 Å². The molecule has 9 heteroatoms. The third-order valence-electron chi connectivity index (χ3n) is 1.84. The molecule has 0 aliphatic carbocycles. The first-order chi connectivity index (χ1) is 8.49. The average molecular weight is 291 g/mol. The zero-order chi connectivity index (χ0) is 14.8. The Bertz CT molecular complexity index is 558. The fraction of sp³-hybridized carbons (Fsp3) is 0.700. The zero-order valence-corrected chi connectivity index (χ0v) is 12.2. The summed E-state index contributed by atoms with van der Waals surface area (Å²) in [7, 11) is -3.56. The molecule has 19 heavy (non-hydrogen) atoms. The lowest BCUT2D eigenvalue weighted by atomic mass is 10.2. The van der Waals surface area contributed by atoms with E-state index >= 15 is 0 Å². The average Bonchev–Trinajstić information content (AvgIpc) is 2.61. The van der Waals surface area contributed by atoms with Crippen molar-refractivity contribution in [3.05, 3.63) is 5.89 Å². The van der Waals surface area contributed by atoms with E-state index in [9.17, 15) is 13.2 Å². The predicted molar refractivity (Wildman–Crippen MR) is 65.2 cm³/mol. The third kappa shape index (κ3) is 4.86. The molecule has 0 saturated carbocycles. The van der Waals surface area contributed by atoms with Crippen LogP contribution in [0.25, 0.3) is 0 Å². The SMILES string of the molecule is CC(NC(=O)OC(C)(C)C)c1nnc(S(C)(=O)=O)o1. The van der Waals surface area contributed by atoms with Gasteiger partial charge in [-0.2, -0.15) is 0 Å². The van der Waals surface area contributed by atoms with Crippen molar-refractivity contribution < 1.29 is 22.4 Å². The van der Waals surface area contributed by atoms with Crippen LogP contribution in [-0.4, -0.2) is 36.6 Å². The minimum absolute atomic E-state index is 0.00807. The van der Waals surface area contributed by atoms with Crippen molar-refractivity contribution in [2.75, 3.05) is 6.26 Å². The summed E-state index contributed by atoms with van der Waals surface area (Å²) < 4.78 is 32.3. The summed E-state index contributed by atoms with van der Waals surface area (Å²) in [5.74, 6) is -0.00807. The highest BCUT2D eigenvalue weighted by Crippen LogP contribution is 2.15. The van der Waals surface area contributed by atoms with Gasteiger partial charge in [0.15, 0.2) is 0 Å². The van der Waals surface area contributed by atoms with Crippen LogP contribution in [0.2, 0.25) is 0 Å². The van der Waals surface area contributed by atoms with E-state index in [1.165, 1.54) is 0 Å². The summed E-state index contributed by atoms with van der Waals surface area (Å²) in [6.07, 6.45) is 0.301. The molecule has 0 aliphatic rings. The second-order valence-corrected chi connectivity index (χ2v) is 6.94. The van der Waals surface area contributed by atoms with Crippen molar-refractivity contribution >= 4 is 15.9 Å². The minimum Gasteiger partial charge on any atom is -0.444 e. The second kappa shape index (κ2) is 5.16. The molecular weight excluding hydrogens is 274 g/mol. The van der Waals surface area contributed by atoms with Crippen LogP contribution < -0.4 is 5.32 Å². The Labute approximate surface area is 111 Å². The molecule has 1 unspecified atom stereocenters. The summed E-state index contributed by atoms with van der Waals surface area (Å²) in [4.78, 5) is 11.5. The fourth-order valence-electron chi connectivity index (χ4n) is 1.09. The summed E-state index contributed by atoms with van der Waals surface area (Å²) in [6, 6.07) is -0.655. The number of carbonyl (C=O) groups excluding carboxylic acids is 1. The first-order valence-corrected chi connectivity index (χ1v) is 7.41. The van der Waals surface area contributed by atoms with Gasteiger partial charge in [0.25, 0.3) is 0 Å². The molecule has 1 aromatic rings. The van der Waals surface area contributed by atoms with Crippen molar-refractivity contribution in [1.29, 1.82) is 0 Å². The van der Waals surface area contributed by atoms with Crippen LogP contribution in [0.1, 0.15) is 39.6 Å². The van der Waals surface area contributed by atoms with Crippen LogP contribution in [-0.2, 0) is 14.6 Å². The Morgan fingerprint density at radius 3 is 2.37 bits per heavy atom. The molecule has 0 bridgehead atoms. The lowest BCUT2D eigenvalue weighted by Gasteiger charge is -2.20. The van der Waals surface area contributed by atoms with E-state index in [2.05, 4.69) is 15.5 Å². The summed E-state index contributed by atoms with van der Waals surface area (Å²) >= 11 is 0. The number of carbonyl (C=O) groups is 1. The van der Waals surface area contributed by atoms with Crippen LogP contribution in [0.4, 0.5) is 4.79 Å². The van der Waals surface area contributed by atoms with E-state index in [-0.39, 0.29) is 5.89 Å². The standard InChI is InChI=1S/C10H17N3O5S/c1-6(11-8(14)18-10(2,3)4)7-12-13-9(17-7)19(5,15)16/h6H,1-5H3,(H,11,14). The van der Waals surface area contributed by atoms with Crippen LogP contribution in [0.15, 0.2) is 9.64 Å². The molecule has 0 aliphatic heterocycles. The zero-order valence-electron chi connectivity index (χ0n) is 11.4. The van der Waals surface area contributed by atoms with Gasteiger partial charge in [0, 0.05) is 6.26 Å². The first-order valence-electron chi connectivity index (χ1n) is 5.52. The lowest BCUT2D eigenvalue weighted by Crippen LogP contribution is -2.34. The van der Waals surface area contributed by atoms with Gasteiger partial charge in [-0.05, 0) is 27.7 Å². The Balaban J connectivity index is 2.72. The minimum atomic E-state index is -3.56. The molecule has 0 saturated heterocycles. The molecule has 0 radical (unpaired) electrons. The molecule has 1 N–H and O–H groups in total. The number of sulfone groups is 1. The van der Waals surface area contributed by atoms with E-state index in [4.69, 9.17) is 9.15 Å². The Morgan fingerprint density at radius 1 is 1.37 bits per heavy atom. The number of amides is 1. The normalized spacial score (nSPS) is 13.9. The highest BCUT2D eigenvalue weighted by Gasteiger charge is 2.23. The largest absolute Gasteiger partial charge is 0.444 e. The highest BCUT2D eigenvalue weighted by molar-refractivity contribution is 7.90. The fourth-order valence-corrected chi connectivity index (χ4v) is 1.52. The smallest absolute Gasteiger partial charge is 0.408 e. The molecule has 1 heterocycles. The molecule has 1 aromatic heterocycles. The van der Waals surface area contributed by atoms with Gasteiger partial charge in [0.2, 0.25) is 15.7 Å². The third-order valence-corrected chi connectivity index (χ3v) is 2.64. The monoisotopic (exact) mass is 291 g/mol. The maximum absolute atomic E-state index is 11.5. The van der Waals surface area contributed by atoms with E-state index in [0.29, 0.717) is 0 Å². The molecule has 0 spiro atoms. The molecular formula is C10H17N3O5S. The lowest BCUT2D eigenvalue weighted by molar-refractivity contribution is 0.0500. The Morgan fingerprint density at radius 2 is 1.95 bits per heavy atom. The maximum atomic E-state index is 11.5. The van der Waals surface area contributed by atoms with E-state index in [1.807, 2.05) is 0 Å². The van der Waals surface area contributed by atoms with Gasteiger partial charge < -0.3 is 14.5 Å². The number of ether oxygens (including phenoxy) is 1. The summed E-state index contributed by atoms with van der Waals surface area (Å²) in [5, 5.41) is 8.94. The van der Waals surface area contributed by atoms with Gasteiger partial charge in [-0.1, -0.05) is 5.10 Å². The topological polar surface area (TPSA) is 111 Å². The number of hydrogen-bond donors (Lipinski definition) is 1.